The first-order valence-electron chi connectivity index (χ1n) is 6.71. The summed E-state index contributed by atoms with van der Waals surface area (Å²) < 4.78 is 16.6. The Morgan fingerprint density at radius 3 is 2.65 bits per heavy atom. The number of hydrogen-bond acceptors (Lipinski definition) is 6. The fraction of sp³-hybridized carbons (Fsp3) is 0.125. The van der Waals surface area contributed by atoms with E-state index in [0.717, 1.165) is 16.3 Å². The summed E-state index contributed by atoms with van der Waals surface area (Å²) in [5.41, 5.74) is 2.25. The van der Waals surface area contributed by atoms with Crippen molar-refractivity contribution in [3.05, 3.63) is 57.7 Å². The molecular weight excluding hydrogens is 350 g/mol. The van der Waals surface area contributed by atoms with Crippen molar-refractivity contribution in [2.24, 2.45) is 0 Å². The van der Waals surface area contributed by atoms with Crippen LogP contribution in [0.1, 0.15) is 16.1 Å². The molecule has 0 aliphatic carbocycles. The molecule has 2 aromatic heterocycles. The van der Waals surface area contributed by atoms with E-state index in [1.807, 2.05) is 22.2 Å². The number of thiophene rings is 1. The van der Waals surface area contributed by atoms with Gasteiger partial charge in [0.25, 0.3) is 0 Å². The van der Waals surface area contributed by atoms with Crippen LogP contribution < -0.4 is 0 Å². The highest BCUT2D eigenvalue weighted by atomic mass is 32.2. The van der Waals surface area contributed by atoms with Crippen LogP contribution in [0.15, 0.2) is 51.4 Å². The molecule has 4 nitrogen and oxygen atoms in total. The van der Waals surface area contributed by atoms with Gasteiger partial charge < -0.3 is 4.74 Å². The number of hydrogen-bond donors (Lipinski definition) is 0. The maximum Gasteiger partial charge on any atom is 0.338 e. The summed E-state index contributed by atoms with van der Waals surface area (Å²) >= 11 is 3.15. The van der Waals surface area contributed by atoms with Crippen LogP contribution in [0.25, 0.3) is 10.6 Å². The zero-order chi connectivity index (χ0) is 16.2. The molecule has 3 rings (SSSR count). The van der Waals surface area contributed by atoms with Gasteiger partial charge >= 0.3 is 5.97 Å². The summed E-state index contributed by atoms with van der Waals surface area (Å²) in [7, 11) is -1.06. The predicted molar refractivity (Wildman–Crippen MR) is 93.3 cm³/mol. The lowest BCUT2D eigenvalue weighted by atomic mass is 10.2. The number of ether oxygens (including phenoxy) is 1. The second-order valence-corrected chi connectivity index (χ2v) is 7.73. The van der Waals surface area contributed by atoms with E-state index in [1.165, 1.54) is 11.3 Å². The van der Waals surface area contributed by atoms with E-state index in [4.69, 9.17) is 4.74 Å². The number of carbonyl (C=O) groups excluding carboxylic acids is 1. The SMILES string of the molecule is CS(=O)c1ccc(C(=O)OCc2csc(-c3ccsc3)n2)cc1. The van der Waals surface area contributed by atoms with E-state index in [0.29, 0.717) is 10.5 Å². The lowest BCUT2D eigenvalue weighted by Crippen LogP contribution is -2.05. The second-order valence-electron chi connectivity index (χ2n) is 4.71. The molecule has 7 heteroatoms. The van der Waals surface area contributed by atoms with Crippen LogP contribution in [0.5, 0.6) is 0 Å². The van der Waals surface area contributed by atoms with E-state index in [2.05, 4.69) is 4.98 Å². The molecular formula is C16H13NO3S3. The van der Waals surface area contributed by atoms with Gasteiger partial charge in [0.15, 0.2) is 0 Å². The van der Waals surface area contributed by atoms with Gasteiger partial charge in [-0.15, -0.1) is 11.3 Å². The number of carbonyl (C=O) groups is 1. The highest BCUT2D eigenvalue weighted by Crippen LogP contribution is 2.26. The Kier molecular flexibility index (Phi) is 5.00. The molecule has 0 radical (unpaired) electrons. The summed E-state index contributed by atoms with van der Waals surface area (Å²) in [4.78, 5) is 17.2. The van der Waals surface area contributed by atoms with Crippen molar-refractivity contribution in [2.75, 3.05) is 6.26 Å². The van der Waals surface area contributed by atoms with Crippen LogP contribution in [0.4, 0.5) is 0 Å². The fourth-order valence-corrected chi connectivity index (χ4v) is 3.93. The summed E-state index contributed by atoms with van der Waals surface area (Å²) in [5, 5.41) is 6.85. The summed E-state index contributed by atoms with van der Waals surface area (Å²) in [5.74, 6) is -0.413. The van der Waals surface area contributed by atoms with Gasteiger partial charge in [-0.3, -0.25) is 4.21 Å². The summed E-state index contributed by atoms with van der Waals surface area (Å²) in [6.07, 6.45) is 1.60. The molecule has 0 fully saturated rings. The van der Waals surface area contributed by atoms with Gasteiger partial charge in [0, 0.05) is 38.3 Å². The number of aromatic nitrogens is 1. The average molecular weight is 363 g/mol. The van der Waals surface area contributed by atoms with Gasteiger partial charge in [0.1, 0.15) is 11.6 Å². The van der Waals surface area contributed by atoms with Crippen LogP contribution in [0.3, 0.4) is 0 Å². The van der Waals surface area contributed by atoms with Crippen molar-refractivity contribution in [2.45, 2.75) is 11.5 Å². The van der Waals surface area contributed by atoms with E-state index < -0.39 is 16.8 Å². The maximum absolute atomic E-state index is 12.0. The topological polar surface area (TPSA) is 56.3 Å². The Balaban J connectivity index is 1.61. The van der Waals surface area contributed by atoms with Gasteiger partial charge in [-0.1, -0.05) is 0 Å². The van der Waals surface area contributed by atoms with Crippen molar-refractivity contribution in [1.82, 2.24) is 4.98 Å². The molecule has 0 bridgehead atoms. The fourth-order valence-electron chi connectivity index (χ4n) is 1.90. The molecule has 3 aromatic rings. The minimum Gasteiger partial charge on any atom is -0.456 e. The van der Waals surface area contributed by atoms with Crippen LogP contribution in [-0.2, 0) is 22.1 Å². The maximum atomic E-state index is 12.0. The standard InChI is InChI=1S/C16H13NO3S3/c1-23(19)14-4-2-11(3-5-14)16(18)20-8-13-10-22-15(17-13)12-6-7-21-9-12/h2-7,9-10H,8H2,1H3. The molecule has 2 heterocycles. The Morgan fingerprint density at radius 2 is 2.00 bits per heavy atom. The van der Waals surface area contributed by atoms with Gasteiger partial charge in [-0.2, -0.15) is 11.3 Å². The summed E-state index contributed by atoms with van der Waals surface area (Å²) in [6.45, 7) is 0.140. The smallest absolute Gasteiger partial charge is 0.338 e. The van der Waals surface area contributed by atoms with Crippen LogP contribution >= 0.6 is 22.7 Å². The molecule has 1 atom stereocenters. The third kappa shape index (κ3) is 3.93. The Bertz CT molecular complexity index is 823. The zero-order valence-corrected chi connectivity index (χ0v) is 14.7. The van der Waals surface area contributed by atoms with Crippen LogP contribution in [0.2, 0.25) is 0 Å². The number of thiazole rings is 1. The molecule has 0 spiro atoms. The predicted octanol–water partition coefficient (Wildman–Crippen LogP) is 3.97. The highest BCUT2D eigenvalue weighted by molar-refractivity contribution is 7.84. The lowest BCUT2D eigenvalue weighted by Gasteiger charge is -2.03. The van der Waals surface area contributed by atoms with Crippen LogP contribution in [-0.4, -0.2) is 21.4 Å². The first-order valence-corrected chi connectivity index (χ1v) is 10.1. The quantitative estimate of drug-likeness (QED) is 0.644. The number of esters is 1. The van der Waals surface area contributed by atoms with Crippen molar-refractivity contribution >= 4 is 39.4 Å². The van der Waals surface area contributed by atoms with Crippen molar-refractivity contribution in [3.63, 3.8) is 0 Å². The van der Waals surface area contributed by atoms with E-state index >= 15 is 0 Å². The molecule has 0 aliphatic rings. The molecule has 0 aliphatic heterocycles. The number of benzene rings is 1. The average Bonchev–Trinajstić information content (AvgIpc) is 3.23. The minimum atomic E-state index is -1.06. The Hall–Kier alpha value is -1.83. The first-order chi connectivity index (χ1) is 11.1. The third-order valence-electron chi connectivity index (χ3n) is 3.09. The van der Waals surface area contributed by atoms with Gasteiger partial charge in [0.2, 0.25) is 0 Å². The molecule has 1 unspecified atom stereocenters. The molecule has 1 aromatic carbocycles. The molecule has 0 saturated carbocycles. The normalized spacial score (nSPS) is 12.0. The number of nitrogens with zero attached hydrogens (tertiary/aromatic N) is 1. The zero-order valence-electron chi connectivity index (χ0n) is 12.2. The molecule has 0 N–H and O–H groups in total. The van der Waals surface area contributed by atoms with Crippen molar-refractivity contribution in [3.8, 4) is 10.6 Å². The van der Waals surface area contributed by atoms with Gasteiger partial charge in [0.05, 0.1) is 11.3 Å². The molecule has 118 valence electrons. The summed E-state index contributed by atoms with van der Waals surface area (Å²) in [6, 6.07) is 8.60. The van der Waals surface area contributed by atoms with E-state index in [1.54, 1.807) is 41.9 Å². The lowest BCUT2D eigenvalue weighted by molar-refractivity contribution is 0.0468. The largest absolute Gasteiger partial charge is 0.456 e. The van der Waals surface area contributed by atoms with Crippen molar-refractivity contribution in [1.29, 1.82) is 0 Å². The van der Waals surface area contributed by atoms with E-state index in [-0.39, 0.29) is 6.61 Å². The molecule has 0 saturated heterocycles. The van der Waals surface area contributed by atoms with Crippen molar-refractivity contribution < 1.29 is 13.7 Å². The number of rotatable bonds is 5. The van der Waals surface area contributed by atoms with E-state index in [9.17, 15) is 9.00 Å². The highest BCUT2D eigenvalue weighted by Gasteiger charge is 2.10. The minimum absolute atomic E-state index is 0.140. The molecule has 0 amide bonds. The Labute approximate surface area is 144 Å². The van der Waals surface area contributed by atoms with Gasteiger partial charge in [-0.05, 0) is 35.7 Å². The Morgan fingerprint density at radius 1 is 1.22 bits per heavy atom. The first kappa shape index (κ1) is 16.0. The third-order valence-corrected chi connectivity index (χ3v) is 5.65. The molecule has 23 heavy (non-hydrogen) atoms. The van der Waals surface area contributed by atoms with Gasteiger partial charge in [-0.25, -0.2) is 9.78 Å². The van der Waals surface area contributed by atoms with Crippen LogP contribution in [0, 0.1) is 0 Å². The monoisotopic (exact) mass is 363 g/mol. The second kappa shape index (κ2) is 7.16.